The van der Waals surface area contributed by atoms with Gasteiger partial charge in [0.05, 0.1) is 0 Å². The first-order valence-corrected chi connectivity index (χ1v) is 10.6. The van der Waals surface area contributed by atoms with Crippen LogP contribution in [-0.4, -0.2) is 29.8 Å². The normalized spacial score (nSPS) is 14.1. The minimum absolute atomic E-state index is 0.0296. The van der Waals surface area contributed by atoms with Crippen LogP contribution in [0.1, 0.15) is 28.8 Å². The highest BCUT2D eigenvalue weighted by atomic mass is 16.5. The molecule has 0 saturated carbocycles. The van der Waals surface area contributed by atoms with Gasteiger partial charge in [0.25, 0.3) is 0 Å². The highest BCUT2D eigenvalue weighted by molar-refractivity contribution is 5.98. The van der Waals surface area contributed by atoms with Crippen LogP contribution in [0.4, 0.5) is 10.5 Å². The fraction of sp³-hybridized carbons (Fsp3) is 0.231. The predicted octanol–water partition coefficient (Wildman–Crippen LogP) is 5.39. The van der Waals surface area contributed by atoms with Crippen molar-refractivity contribution in [2.45, 2.75) is 19.4 Å². The topological polar surface area (TPSA) is 58.6 Å². The van der Waals surface area contributed by atoms with Crippen LogP contribution >= 0.6 is 0 Å². The molecule has 5 nitrogen and oxygen atoms in total. The number of likely N-dealkylation sites (tertiary alicyclic amines) is 1. The molecule has 158 valence electrons. The number of Topliss-reactive ketones (excluding diaryl/α,β-unsaturated/α-hetero) is 1. The van der Waals surface area contributed by atoms with Crippen molar-refractivity contribution in [1.29, 1.82) is 0 Å². The zero-order valence-electron chi connectivity index (χ0n) is 17.4. The molecule has 1 aliphatic rings. The maximum Gasteiger partial charge on any atom is 0.321 e. The summed E-state index contributed by atoms with van der Waals surface area (Å²) in [5.74, 6) is 0.927. The third-order valence-electron chi connectivity index (χ3n) is 5.61. The van der Waals surface area contributed by atoms with Gasteiger partial charge in [0.2, 0.25) is 0 Å². The first-order valence-electron chi connectivity index (χ1n) is 10.6. The van der Waals surface area contributed by atoms with E-state index in [1.54, 1.807) is 4.90 Å². The predicted molar refractivity (Wildman–Crippen MR) is 121 cm³/mol. The molecule has 1 saturated heterocycles. The van der Waals surface area contributed by atoms with Gasteiger partial charge in [-0.2, -0.15) is 0 Å². The minimum Gasteiger partial charge on any atom is -0.489 e. The average molecular weight is 415 g/mol. The number of hydrogen-bond acceptors (Lipinski definition) is 3. The van der Waals surface area contributed by atoms with Crippen LogP contribution < -0.4 is 10.1 Å². The molecule has 1 fully saturated rings. The summed E-state index contributed by atoms with van der Waals surface area (Å²) in [6, 6.07) is 26.5. The largest absolute Gasteiger partial charge is 0.489 e. The van der Waals surface area contributed by atoms with E-state index in [4.69, 9.17) is 4.74 Å². The number of nitrogens with one attached hydrogen (secondary N) is 1. The number of hydrogen-bond donors (Lipinski definition) is 1. The number of amides is 2. The molecule has 1 heterocycles. The molecular weight excluding hydrogens is 388 g/mol. The second-order valence-electron chi connectivity index (χ2n) is 7.68. The lowest BCUT2D eigenvalue weighted by Gasteiger charge is -2.31. The van der Waals surface area contributed by atoms with Crippen molar-refractivity contribution >= 4 is 17.5 Å². The minimum atomic E-state index is -0.141. The number of piperidine rings is 1. The van der Waals surface area contributed by atoms with E-state index in [1.807, 2.05) is 84.9 Å². The first kappa shape index (κ1) is 20.7. The number of rotatable bonds is 6. The van der Waals surface area contributed by atoms with Crippen molar-refractivity contribution in [3.63, 3.8) is 0 Å². The monoisotopic (exact) mass is 414 g/mol. The van der Waals surface area contributed by atoms with E-state index in [-0.39, 0.29) is 17.7 Å². The van der Waals surface area contributed by atoms with Gasteiger partial charge in [-0.05, 0) is 31.0 Å². The Bertz CT molecular complexity index is 1010. The molecule has 4 rings (SSSR count). The lowest BCUT2D eigenvalue weighted by molar-refractivity contribution is 0.0859. The summed E-state index contributed by atoms with van der Waals surface area (Å²) in [5, 5.41) is 3.01. The Morgan fingerprint density at radius 3 is 2.16 bits per heavy atom. The van der Waals surface area contributed by atoms with Gasteiger partial charge in [0, 0.05) is 35.8 Å². The van der Waals surface area contributed by atoms with E-state index < -0.39 is 0 Å². The molecule has 0 aliphatic carbocycles. The van der Waals surface area contributed by atoms with Gasteiger partial charge >= 0.3 is 6.03 Å². The molecule has 1 N–H and O–H groups in total. The molecule has 3 aromatic carbocycles. The quantitative estimate of drug-likeness (QED) is 0.550. The molecule has 31 heavy (non-hydrogen) atoms. The van der Waals surface area contributed by atoms with Gasteiger partial charge in [-0.15, -0.1) is 0 Å². The van der Waals surface area contributed by atoms with Crippen LogP contribution in [0.3, 0.4) is 0 Å². The summed E-state index contributed by atoms with van der Waals surface area (Å²) in [6.07, 6.45) is 1.36. The second kappa shape index (κ2) is 9.94. The van der Waals surface area contributed by atoms with Gasteiger partial charge in [-0.25, -0.2) is 4.79 Å². The van der Waals surface area contributed by atoms with Gasteiger partial charge < -0.3 is 15.0 Å². The van der Waals surface area contributed by atoms with Crippen molar-refractivity contribution in [1.82, 2.24) is 4.90 Å². The number of ketones is 1. The molecule has 0 radical (unpaired) electrons. The first-order chi connectivity index (χ1) is 15.2. The Labute approximate surface area is 182 Å². The standard InChI is InChI=1S/C26H26N2O3/c29-25(20-9-3-1-4-10-20)21-15-17-28(18-16-21)26(30)27-24-14-8-7-11-22(24)19-31-23-12-5-2-6-13-23/h1-14,21H,15-19H2,(H,27,30). The van der Waals surface area contributed by atoms with E-state index in [2.05, 4.69) is 5.32 Å². The lowest BCUT2D eigenvalue weighted by atomic mass is 9.89. The van der Waals surface area contributed by atoms with Crippen LogP contribution in [0, 0.1) is 5.92 Å². The zero-order valence-corrected chi connectivity index (χ0v) is 17.4. The highest BCUT2D eigenvalue weighted by Gasteiger charge is 2.28. The van der Waals surface area contributed by atoms with Crippen molar-refractivity contribution in [2.24, 2.45) is 5.92 Å². The SMILES string of the molecule is O=C(c1ccccc1)C1CCN(C(=O)Nc2ccccc2COc2ccccc2)CC1. The summed E-state index contributed by atoms with van der Waals surface area (Å²) in [5.41, 5.74) is 2.40. The molecule has 0 bridgehead atoms. The molecule has 0 unspecified atom stereocenters. The number of benzene rings is 3. The summed E-state index contributed by atoms with van der Waals surface area (Å²) in [7, 11) is 0. The van der Waals surface area contributed by atoms with E-state index in [1.165, 1.54) is 0 Å². The van der Waals surface area contributed by atoms with Crippen LogP contribution in [0.5, 0.6) is 5.75 Å². The van der Waals surface area contributed by atoms with Crippen molar-refractivity contribution in [3.05, 3.63) is 96.1 Å². The van der Waals surface area contributed by atoms with Crippen molar-refractivity contribution in [3.8, 4) is 5.75 Å². The lowest BCUT2D eigenvalue weighted by Crippen LogP contribution is -2.42. The highest BCUT2D eigenvalue weighted by Crippen LogP contribution is 2.24. The molecule has 2 amide bonds. The van der Waals surface area contributed by atoms with Gasteiger partial charge in [0.1, 0.15) is 12.4 Å². The average Bonchev–Trinajstić information content (AvgIpc) is 2.84. The van der Waals surface area contributed by atoms with Crippen LogP contribution in [0.25, 0.3) is 0 Å². The van der Waals surface area contributed by atoms with E-state index in [0.29, 0.717) is 32.5 Å². The maximum atomic E-state index is 12.8. The molecule has 0 aromatic heterocycles. The summed E-state index contributed by atoms with van der Waals surface area (Å²) < 4.78 is 5.84. The molecule has 0 atom stereocenters. The number of carbonyl (C=O) groups excluding carboxylic acids is 2. The zero-order chi connectivity index (χ0) is 21.5. The number of nitrogens with zero attached hydrogens (tertiary/aromatic N) is 1. The molecule has 5 heteroatoms. The number of ether oxygens (including phenoxy) is 1. The fourth-order valence-corrected chi connectivity index (χ4v) is 3.82. The van der Waals surface area contributed by atoms with Crippen molar-refractivity contribution < 1.29 is 14.3 Å². The van der Waals surface area contributed by atoms with E-state index >= 15 is 0 Å². The smallest absolute Gasteiger partial charge is 0.321 e. The molecule has 3 aromatic rings. The summed E-state index contributed by atoms with van der Waals surface area (Å²) in [4.78, 5) is 27.3. The molecule has 1 aliphatic heterocycles. The van der Waals surface area contributed by atoms with E-state index in [9.17, 15) is 9.59 Å². The van der Waals surface area contributed by atoms with E-state index in [0.717, 1.165) is 22.6 Å². The third-order valence-corrected chi connectivity index (χ3v) is 5.61. The Balaban J connectivity index is 1.33. The number of para-hydroxylation sites is 2. The van der Waals surface area contributed by atoms with Gasteiger partial charge in [-0.3, -0.25) is 4.79 Å². The Morgan fingerprint density at radius 2 is 1.45 bits per heavy atom. The van der Waals surface area contributed by atoms with Crippen LogP contribution in [-0.2, 0) is 6.61 Å². The van der Waals surface area contributed by atoms with Crippen LogP contribution in [0.15, 0.2) is 84.9 Å². The molecule has 0 spiro atoms. The number of urea groups is 1. The Morgan fingerprint density at radius 1 is 0.839 bits per heavy atom. The maximum absolute atomic E-state index is 12.8. The van der Waals surface area contributed by atoms with Gasteiger partial charge in [-0.1, -0.05) is 66.7 Å². The van der Waals surface area contributed by atoms with Gasteiger partial charge in [0.15, 0.2) is 5.78 Å². The Kier molecular flexibility index (Phi) is 6.62. The molecular formula is C26H26N2O3. The summed E-state index contributed by atoms with van der Waals surface area (Å²) >= 11 is 0. The summed E-state index contributed by atoms with van der Waals surface area (Å²) in [6.45, 7) is 1.50. The Hall–Kier alpha value is -3.60. The second-order valence-corrected chi connectivity index (χ2v) is 7.68. The third kappa shape index (κ3) is 5.31. The number of carbonyl (C=O) groups is 2. The number of anilines is 1. The van der Waals surface area contributed by atoms with Crippen LogP contribution in [0.2, 0.25) is 0 Å². The van der Waals surface area contributed by atoms with Crippen molar-refractivity contribution in [2.75, 3.05) is 18.4 Å². The fourth-order valence-electron chi connectivity index (χ4n) is 3.82.